The minimum atomic E-state index is -0.159. The fourth-order valence-electron chi connectivity index (χ4n) is 3.06. The van der Waals surface area contributed by atoms with Crippen LogP contribution in [0.25, 0.3) is 10.9 Å². The zero-order valence-corrected chi connectivity index (χ0v) is 15.8. The van der Waals surface area contributed by atoms with E-state index in [0.717, 1.165) is 33.3 Å². The van der Waals surface area contributed by atoms with Crippen molar-refractivity contribution in [2.45, 2.75) is 13.0 Å². The molecule has 1 amide bonds. The van der Waals surface area contributed by atoms with Gasteiger partial charge < -0.3 is 9.72 Å². The number of benzene rings is 3. The van der Waals surface area contributed by atoms with Crippen molar-refractivity contribution in [1.29, 1.82) is 0 Å². The molecule has 0 fully saturated rings. The van der Waals surface area contributed by atoms with E-state index in [-0.39, 0.29) is 12.3 Å². The summed E-state index contributed by atoms with van der Waals surface area (Å²) in [6, 6.07) is 25.5. The monoisotopic (exact) mass is 383 g/mol. The van der Waals surface area contributed by atoms with Gasteiger partial charge in [0.05, 0.1) is 12.6 Å². The van der Waals surface area contributed by atoms with E-state index in [2.05, 4.69) is 15.5 Å². The van der Waals surface area contributed by atoms with Gasteiger partial charge in [0.25, 0.3) is 0 Å². The van der Waals surface area contributed by atoms with Crippen LogP contribution in [-0.4, -0.2) is 17.1 Å². The molecule has 0 radical (unpaired) electrons. The number of nitrogens with one attached hydrogen (secondary N) is 2. The number of amides is 1. The zero-order valence-electron chi connectivity index (χ0n) is 15.8. The van der Waals surface area contributed by atoms with Gasteiger partial charge in [-0.05, 0) is 47.0 Å². The Labute approximate surface area is 169 Å². The number of carbonyl (C=O) groups is 1. The van der Waals surface area contributed by atoms with Crippen molar-refractivity contribution in [3.8, 4) is 5.75 Å². The summed E-state index contributed by atoms with van der Waals surface area (Å²) in [5.41, 5.74) is 6.55. The lowest BCUT2D eigenvalue weighted by atomic mass is 10.1. The summed E-state index contributed by atoms with van der Waals surface area (Å²) in [4.78, 5) is 15.3. The maximum absolute atomic E-state index is 12.2. The summed E-state index contributed by atoms with van der Waals surface area (Å²) < 4.78 is 5.77. The molecule has 0 saturated heterocycles. The van der Waals surface area contributed by atoms with Crippen molar-refractivity contribution in [3.05, 3.63) is 102 Å². The number of rotatable bonds is 7. The van der Waals surface area contributed by atoms with Gasteiger partial charge >= 0.3 is 0 Å². The standard InChI is InChI=1S/C24H21N3O2/c28-24(14-20-16-25-23-9-5-4-8-22(20)23)27-26-15-18-10-12-21(13-11-18)29-17-19-6-2-1-3-7-19/h1-13,15-16,25H,14,17H2,(H,27,28)/b26-15-. The summed E-state index contributed by atoms with van der Waals surface area (Å²) >= 11 is 0. The highest BCUT2D eigenvalue weighted by atomic mass is 16.5. The first kappa shape index (κ1) is 18.5. The van der Waals surface area contributed by atoms with Crippen molar-refractivity contribution in [2.75, 3.05) is 0 Å². The minimum absolute atomic E-state index is 0.159. The van der Waals surface area contributed by atoms with Gasteiger partial charge in [0, 0.05) is 17.1 Å². The average Bonchev–Trinajstić information content (AvgIpc) is 3.17. The highest BCUT2D eigenvalue weighted by Crippen LogP contribution is 2.18. The lowest BCUT2D eigenvalue weighted by molar-refractivity contribution is -0.120. The Kier molecular flexibility index (Phi) is 5.67. The molecule has 5 heteroatoms. The minimum Gasteiger partial charge on any atom is -0.489 e. The lowest BCUT2D eigenvalue weighted by Gasteiger charge is -2.06. The van der Waals surface area contributed by atoms with Crippen LogP contribution in [-0.2, 0) is 17.8 Å². The van der Waals surface area contributed by atoms with Crippen LogP contribution < -0.4 is 10.2 Å². The van der Waals surface area contributed by atoms with E-state index in [9.17, 15) is 4.79 Å². The summed E-state index contributed by atoms with van der Waals surface area (Å²) in [6.07, 6.45) is 3.75. The number of ether oxygens (including phenoxy) is 1. The average molecular weight is 383 g/mol. The molecule has 29 heavy (non-hydrogen) atoms. The highest BCUT2D eigenvalue weighted by molar-refractivity contribution is 5.89. The first-order chi connectivity index (χ1) is 14.3. The molecule has 4 aromatic rings. The normalized spacial score (nSPS) is 11.0. The summed E-state index contributed by atoms with van der Waals surface area (Å²) in [5.74, 6) is 0.628. The van der Waals surface area contributed by atoms with Crippen LogP contribution >= 0.6 is 0 Å². The quantitative estimate of drug-likeness (QED) is 0.366. The Bertz CT molecular complexity index is 1120. The first-order valence-corrected chi connectivity index (χ1v) is 9.41. The molecule has 0 atom stereocenters. The van der Waals surface area contributed by atoms with Crippen LogP contribution in [0, 0.1) is 0 Å². The molecule has 144 valence electrons. The van der Waals surface area contributed by atoms with E-state index in [0.29, 0.717) is 6.61 Å². The van der Waals surface area contributed by atoms with Gasteiger partial charge in [0.1, 0.15) is 12.4 Å². The largest absolute Gasteiger partial charge is 0.489 e. The van der Waals surface area contributed by atoms with Crippen molar-refractivity contribution in [3.63, 3.8) is 0 Å². The van der Waals surface area contributed by atoms with Crippen LogP contribution in [0.5, 0.6) is 5.75 Å². The summed E-state index contributed by atoms with van der Waals surface area (Å²) in [6.45, 7) is 0.526. The van der Waals surface area contributed by atoms with Crippen molar-refractivity contribution < 1.29 is 9.53 Å². The summed E-state index contributed by atoms with van der Waals surface area (Å²) in [5, 5.41) is 5.10. The second-order valence-corrected chi connectivity index (χ2v) is 6.67. The lowest BCUT2D eigenvalue weighted by Crippen LogP contribution is -2.19. The molecule has 1 aromatic heterocycles. The van der Waals surface area contributed by atoms with E-state index in [1.165, 1.54) is 0 Å². The molecule has 4 rings (SSSR count). The third-order valence-corrected chi connectivity index (χ3v) is 4.56. The SMILES string of the molecule is O=C(Cc1c[nH]c2ccccc12)N/N=C\c1ccc(OCc2ccccc2)cc1. The third kappa shape index (κ3) is 4.90. The fraction of sp³-hybridized carbons (Fsp3) is 0.0833. The van der Waals surface area contributed by atoms with Crippen LogP contribution in [0.2, 0.25) is 0 Å². The van der Waals surface area contributed by atoms with E-state index in [1.807, 2.05) is 85.1 Å². The van der Waals surface area contributed by atoms with E-state index in [4.69, 9.17) is 4.74 Å². The smallest absolute Gasteiger partial charge is 0.244 e. The van der Waals surface area contributed by atoms with Crippen LogP contribution in [0.1, 0.15) is 16.7 Å². The maximum atomic E-state index is 12.2. The molecular weight excluding hydrogens is 362 g/mol. The number of aromatic nitrogens is 1. The Morgan fingerprint density at radius 2 is 1.72 bits per heavy atom. The number of hydrazone groups is 1. The highest BCUT2D eigenvalue weighted by Gasteiger charge is 2.07. The van der Waals surface area contributed by atoms with Crippen molar-refractivity contribution in [1.82, 2.24) is 10.4 Å². The first-order valence-electron chi connectivity index (χ1n) is 9.41. The predicted molar refractivity (Wildman–Crippen MR) is 115 cm³/mol. The Balaban J connectivity index is 1.28. The number of hydrogen-bond donors (Lipinski definition) is 2. The summed E-state index contributed by atoms with van der Waals surface area (Å²) in [7, 11) is 0. The van der Waals surface area contributed by atoms with E-state index in [1.54, 1.807) is 6.21 Å². The number of hydrogen-bond acceptors (Lipinski definition) is 3. The molecule has 2 N–H and O–H groups in total. The number of aromatic amines is 1. The Morgan fingerprint density at radius 1 is 0.966 bits per heavy atom. The topological polar surface area (TPSA) is 66.5 Å². The molecule has 3 aromatic carbocycles. The molecule has 0 saturated carbocycles. The van der Waals surface area contributed by atoms with Crippen LogP contribution in [0.15, 0.2) is 90.2 Å². The van der Waals surface area contributed by atoms with Crippen LogP contribution in [0.4, 0.5) is 0 Å². The second kappa shape index (κ2) is 8.89. The van der Waals surface area contributed by atoms with Gasteiger partial charge in [0.2, 0.25) is 5.91 Å². The van der Waals surface area contributed by atoms with Crippen LogP contribution in [0.3, 0.4) is 0 Å². The molecule has 1 heterocycles. The van der Waals surface area contributed by atoms with Gasteiger partial charge in [-0.2, -0.15) is 5.10 Å². The van der Waals surface area contributed by atoms with Gasteiger partial charge in [0.15, 0.2) is 0 Å². The molecule has 5 nitrogen and oxygen atoms in total. The molecule has 0 unspecified atom stereocenters. The molecule has 0 spiro atoms. The maximum Gasteiger partial charge on any atom is 0.244 e. The molecule has 0 aliphatic heterocycles. The van der Waals surface area contributed by atoms with Gasteiger partial charge in [-0.1, -0.05) is 48.5 Å². The number of fused-ring (bicyclic) bond motifs is 1. The molecule has 0 aliphatic rings. The van der Waals surface area contributed by atoms with Crippen molar-refractivity contribution in [2.24, 2.45) is 5.10 Å². The second-order valence-electron chi connectivity index (χ2n) is 6.67. The number of carbonyl (C=O) groups excluding carboxylic acids is 1. The number of H-pyrrole nitrogens is 1. The fourth-order valence-corrected chi connectivity index (χ4v) is 3.06. The number of para-hydroxylation sites is 1. The van der Waals surface area contributed by atoms with Gasteiger partial charge in [-0.15, -0.1) is 0 Å². The molecular formula is C24H21N3O2. The van der Waals surface area contributed by atoms with Crippen molar-refractivity contribution >= 4 is 23.0 Å². The third-order valence-electron chi connectivity index (χ3n) is 4.56. The zero-order chi connectivity index (χ0) is 19.9. The molecule has 0 aliphatic carbocycles. The van der Waals surface area contributed by atoms with E-state index >= 15 is 0 Å². The van der Waals surface area contributed by atoms with E-state index < -0.39 is 0 Å². The predicted octanol–water partition coefficient (Wildman–Crippen LogP) is 4.44. The Morgan fingerprint density at radius 3 is 2.55 bits per heavy atom. The Hall–Kier alpha value is -3.86. The van der Waals surface area contributed by atoms with Gasteiger partial charge in [-0.3, -0.25) is 4.79 Å². The number of nitrogens with zero attached hydrogens (tertiary/aromatic N) is 1. The molecule has 0 bridgehead atoms. The van der Waals surface area contributed by atoms with Gasteiger partial charge in [-0.25, -0.2) is 5.43 Å².